The molecule has 2 aromatic carbocycles. The Bertz CT molecular complexity index is 871. The number of fused-ring (bicyclic) bond motifs is 1. The number of rotatable bonds is 6. The molecule has 122 valence electrons. The summed E-state index contributed by atoms with van der Waals surface area (Å²) in [6, 6.07) is 15.9. The van der Waals surface area contributed by atoms with Crippen molar-refractivity contribution in [2.75, 3.05) is 14.2 Å². The number of hydrogen-bond acceptors (Lipinski definition) is 4. The monoisotopic (exact) mass is 321 g/mol. The van der Waals surface area contributed by atoms with E-state index in [1.807, 2.05) is 42.5 Å². The van der Waals surface area contributed by atoms with Crippen molar-refractivity contribution in [1.29, 1.82) is 5.26 Å². The van der Waals surface area contributed by atoms with Crippen LogP contribution in [-0.4, -0.2) is 23.8 Å². The molecule has 5 heteroatoms. The number of nitrogens with zero attached hydrogens (tertiary/aromatic N) is 3. The molecule has 5 nitrogen and oxygen atoms in total. The Morgan fingerprint density at radius 1 is 1.04 bits per heavy atom. The van der Waals surface area contributed by atoms with E-state index in [1.54, 1.807) is 14.2 Å². The maximum Gasteiger partial charge on any atom is 0.148 e. The van der Waals surface area contributed by atoms with Crippen LogP contribution < -0.4 is 9.47 Å². The Kier molecular flexibility index (Phi) is 4.66. The molecule has 0 saturated heterocycles. The number of aryl methyl sites for hydroxylation is 1. The minimum absolute atomic E-state index is 0.509. The molecule has 0 radical (unpaired) electrons. The Morgan fingerprint density at radius 3 is 2.42 bits per heavy atom. The lowest BCUT2D eigenvalue weighted by Gasteiger charge is -2.14. The predicted molar refractivity (Wildman–Crippen MR) is 93.1 cm³/mol. The maximum absolute atomic E-state index is 8.84. The fourth-order valence-electron chi connectivity index (χ4n) is 2.88. The van der Waals surface area contributed by atoms with Gasteiger partial charge in [0, 0.05) is 13.0 Å². The number of ether oxygens (including phenoxy) is 2. The lowest BCUT2D eigenvalue weighted by Crippen LogP contribution is -2.03. The lowest BCUT2D eigenvalue weighted by atomic mass is 10.1. The van der Waals surface area contributed by atoms with Crippen molar-refractivity contribution in [1.82, 2.24) is 9.55 Å². The molecule has 0 spiro atoms. The standard InChI is InChI=1S/C19H19N3O2/c1-23-16-10-7-11-17(24-2)18(16)19-21-14-8-3-4-9-15(14)22(19)13-6-5-12-20/h3-4,7-11H,5-6,13H2,1-2H3. The van der Waals surface area contributed by atoms with Crippen molar-refractivity contribution in [2.24, 2.45) is 0 Å². The summed E-state index contributed by atoms with van der Waals surface area (Å²) in [5.41, 5.74) is 2.78. The highest BCUT2D eigenvalue weighted by atomic mass is 16.5. The molecule has 0 unspecified atom stereocenters. The second-order valence-corrected chi connectivity index (χ2v) is 5.37. The van der Waals surface area contributed by atoms with Crippen LogP contribution in [0.5, 0.6) is 11.5 Å². The summed E-state index contributed by atoms with van der Waals surface area (Å²) < 4.78 is 13.2. The second-order valence-electron chi connectivity index (χ2n) is 5.37. The van der Waals surface area contributed by atoms with Gasteiger partial charge in [-0.3, -0.25) is 0 Å². The zero-order chi connectivity index (χ0) is 16.9. The molecule has 3 aromatic rings. The van der Waals surface area contributed by atoms with Gasteiger partial charge in [-0.25, -0.2) is 4.98 Å². The molecular weight excluding hydrogens is 302 g/mol. The van der Waals surface area contributed by atoms with Crippen molar-refractivity contribution < 1.29 is 9.47 Å². The molecule has 0 aliphatic rings. The smallest absolute Gasteiger partial charge is 0.148 e. The summed E-state index contributed by atoms with van der Waals surface area (Å²) in [6.07, 6.45) is 1.27. The molecule has 0 saturated carbocycles. The molecule has 0 aliphatic heterocycles. The molecule has 0 N–H and O–H groups in total. The van der Waals surface area contributed by atoms with Crippen LogP contribution in [-0.2, 0) is 6.54 Å². The van der Waals surface area contributed by atoms with Crippen LogP contribution in [0, 0.1) is 11.3 Å². The van der Waals surface area contributed by atoms with Crippen LogP contribution in [0.4, 0.5) is 0 Å². The zero-order valence-electron chi connectivity index (χ0n) is 13.8. The van der Waals surface area contributed by atoms with Gasteiger partial charge in [-0.05, 0) is 30.7 Å². The van der Waals surface area contributed by atoms with Gasteiger partial charge in [0.25, 0.3) is 0 Å². The zero-order valence-corrected chi connectivity index (χ0v) is 13.8. The summed E-state index contributed by atoms with van der Waals surface area (Å²) >= 11 is 0. The van der Waals surface area contributed by atoms with E-state index in [1.165, 1.54) is 0 Å². The molecule has 1 heterocycles. The van der Waals surface area contributed by atoms with Gasteiger partial charge < -0.3 is 14.0 Å². The van der Waals surface area contributed by atoms with Crippen LogP contribution >= 0.6 is 0 Å². The van der Waals surface area contributed by atoms with Gasteiger partial charge in [0.15, 0.2) is 0 Å². The van der Waals surface area contributed by atoms with Crippen LogP contribution in [0.3, 0.4) is 0 Å². The second kappa shape index (κ2) is 7.05. The average Bonchev–Trinajstić information content (AvgIpc) is 2.99. The fourth-order valence-corrected chi connectivity index (χ4v) is 2.88. The van der Waals surface area contributed by atoms with Crippen LogP contribution in [0.15, 0.2) is 42.5 Å². The lowest BCUT2D eigenvalue weighted by molar-refractivity contribution is 0.396. The third-order valence-electron chi connectivity index (χ3n) is 3.98. The minimum atomic E-state index is 0.509. The number of para-hydroxylation sites is 2. The average molecular weight is 321 g/mol. The number of unbranched alkanes of at least 4 members (excludes halogenated alkanes) is 1. The van der Waals surface area contributed by atoms with E-state index in [0.717, 1.165) is 28.8 Å². The molecule has 0 aliphatic carbocycles. The summed E-state index contributed by atoms with van der Waals surface area (Å²) in [5.74, 6) is 2.22. The van der Waals surface area contributed by atoms with E-state index in [4.69, 9.17) is 19.7 Å². The van der Waals surface area contributed by atoms with Crippen molar-refractivity contribution in [3.05, 3.63) is 42.5 Å². The fraction of sp³-hybridized carbons (Fsp3) is 0.263. The Morgan fingerprint density at radius 2 is 1.75 bits per heavy atom. The number of imidazole rings is 1. The number of hydrogen-bond donors (Lipinski definition) is 0. The highest BCUT2D eigenvalue weighted by Crippen LogP contribution is 2.39. The van der Waals surface area contributed by atoms with E-state index in [-0.39, 0.29) is 0 Å². The summed E-state index contributed by atoms with van der Waals surface area (Å²) in [4.78, 5) is 4.80. The minimum Gasteiger partial charge on any atom is -0.496 e. The first-order valence-corrected chi connectivity index (χ1v) is 7.83. The molecule has 0 bridgehead atoms. The number of aromatic nitrogens is 2. The quantitative estimate of drug-likeness (QED) is 0.643. The van der Waals surface area contributed by atoms with E-state index >= 15 is 0 Å². The number of nitriles is 1. The van der Waals surface area contributed by atoms with Crippen molar-refractivity contribution in [3.8, 4) is 29.0 Å². The third-order valence-corrected chi connectivity index (χ3v) is 3.98. The van der Waals surface area contributed by atoms with Crippen molar-refractivity contribution in [2.45, 2.75) is 19.4 Å². The van der Waals surface area contributed by atoms with Crippen LogP contribution in [0.2, 0.25) is 0 Å². The van der Waals surface area contributed by atoms with Crippen LogP contribution in [0.1, 0.15) is 12.8 Å². The topological polar surface area (TPSA) is 60.1 Å². The van der Waals surface area contributed by atoms with E-state index < -0.39 is 0 Å². The first kappa shape index (κ1) is 15.9. The Balaban J connectivity index is 2.23. The number of benzene rings is 2. The SMILES string of the molecule is COc1cccc(OC)c1-c1nc2ccccc2n1CCCC#N. The van der Waals surface area contributed by atoms with Crippen LogP contribution in [0.25, 0.3) is 22.4 Å². The third kappa shape index (κ3) is 2.79. The number of methoxy groups -OCH3 is 2. The van der Waals surface area contributed by atoms with Gasteiger partial charge in [-0.2, -0.15) is 5.26 Å². The van der Waals surface area contributed by atoms with Crippen molar-refractivity contribution >= 4 is 11.0 Å². The highest BCUT2D eigenvalue weighted by molar-refractivity contribution is 5.84. The van der Waals surface area contributed by atoms with Gasteiger partial charge in [0.1, 0.15) is 22.9 Å². The largest absolute Gasteiger partial charge is 0.496 e. The molecule has 1 aromatic heterocycles. The Labute approximate surface area is 141 Å². The molecule has 0 amide bonds. The molecule has 24 heavy (non-hydrogen) atoms. The van der Waals surface area contributed by atoms with Gasteiger partial charge >= 0.3 is 0 Å². The van der Waals surface area contributed by atoms with Gasteiger partial charge in [-0.1, -0.05) is 18.2 Å². The predicted octanol–water partition coefficient (Wildman–Crippen LogP) is 4.02. The van der Waals surface area contributed by atoms with E-state index in [9.17, 15) is 0 Å². The van der Waals surface area contributed by atoms with Crippen molar-refractivity contribution in [3.63, 3.8) is 0 Å². The van der Waals surface area contributed by atoms with Gasteiger partial charge in [-0.15, -0.1) is 0 Å². The first-order chi connectivity index (χ1) is 11.8. The normalized spacial score (nSPS) is 10.5. The van der Waals surface area contributed by atoms with E-state index in [2.05, 4.69) is 10.6 Å². The molecule has 0 fully saturated rings. The highest BCUT2D eigenvalue weighted by Gasteiger charge is 2.20. The summed E-state index contributed by atoms with van der Waals surface area (Å²) in [6.45, 7) is 0.713. The van der Waals surface area contributed by atoms with Gasteiger partial charge in [0.05, 0.1) is 31.3 Å². The molecule has 0 atom stereocenters. The Hall–Kier alpha value is -3.00. The maximum atomic E-state index is 8.84. The molecule has 3 rings (SSSR count). The first-order valence-electron chi connectivity index (χ1n) is 7.83. The van der Waals surface area contributed by atoms with Gasteiger partial charge in [0.2, 0.25) is 0 Å². The summed E-state index contributed by atoms with van der Waals surface area (Å²) in [7, 11) is 3.28. The molecular formula is C19H19N3O2. The summed E-state index contributed by atoms with van der Waals surface area (Å²) in [5, 5.41) is 8.84. The van der Waals surface area contributed by atoms with E-state index in [0.29, 0.717) is 24.5 Å².